The fourth-order valence-electron chi connectivity index (χ4n) is 1.70. The zero-order valence-electron chi connectivity index (χ0n) is 12.2. The van der Waals surface area contributed by atoms with Gasteiger partial charge in [0.05, 0.1) is 5.69 Å². The molecule has 0 unspecified atom stereocenters. The lowest BCUT2D eigenvalue weighted by atomic mass is 10.2. The van der Waals surface area contributed by atoms with Crippen molar-refractivity contribution in [3.63, 3.8) is 0 Å². The Hall–Kier alpha value is -3.37. The summed E-state index contributed by atoms with van der Waals surface area (Å²) < 4.78 is 71.3. The predicted octanol–water partition coefficient (Wildman–Crippen LogP) is 2.39. The number of hydrogen-bond donors (Lipinski definition) is 3. The monoisotopic (exact) mass is 359 g/mol. The SMILES string of the molecule is NC(N)=NC(N)=Nc1cccc(Oc2c(F)c(F)c(F)c(F)c2F)c1. The molecule has 0 aliphatic heterocycles. The van der Waals surface area contributed by atoms with Gasteiger partial charge in [0.25, 0.3) is 0 Å². The van der Waals surface area contributed by atoms with Crippen molar-refractivity contribution in [1.82, 2.24) is 0 Å². The number of rotatable bonds is 3. The van der Waals surface area contributed by atoms with Crippen LogP contribution in [0.5, 0.6) is 11.5 Å². The molecule has 2 aromatic carbocycles. The van der Waals surface area contributed by atoms with E-state index in [1.807, 2.05) is 0 Å². The van der Waals surface area contributed by atoms with Crippen LogP contribution in [0.3, 0.4) is 0 Å². The molecule has 6 nitrogen and oxygen atoms in total. The molecule has 0 aliphatic carbocycles. The van der Waals surface area contributed by atoms with Gasteiger partial charge >= 0.3 is 0 Å². The number of guanidine groups is 2. The maximum Gasteiger partial charge on any atom is 0.223 e. The van der Waals surface area contributed by atoms with Gasteiger partial charge in [-0.25, -0.2) is 18.2 Å². The lowest BCUT2D eigenvalue weighted by Gasteiger charge is -2.10. The van der Waals surface area contributed by atoms with Gasteiger partial charge in [-0.2, -0.15) is 13.8 Å². The highest BCUT2D eigenvalue weighted by Gasteiger charge is 2.27. The van der Waals surface area contributed by atoms with E-state index in [-0.39, 0.29) is 23.4 Å². The number of aliphatic imine (C=N–C) groups is 2. The molecule has 0 aliphatic rings. The number of nitrogens with zero attached hydrogens (tertiary/aromatic N) is 2. The topological polar surface area (TPSA) is 112 Å². The summed E-state index contributed by atoms with van der Waals surface area (Å²) in [6, 6.07) is 5.06. The lowest BCUT2D eigenvalue weighted by Crippen LogP contribution is -2.26. The van der Waals surface area contributed by atoms with Gasteiger partial charge < -0.3 is 21.9 Å². The highest BCUT2D eigenvalue weighted by molar-refractivity contribution is 5.93. The van der Waals surface area contributed by atoms with Crippen LogP contribution in [-0.2, 0) is 0 Å². The third-order valence-electron chi connectivity index (χ3n) is 2.69. The minimum atomic E-state index is -2.29. The van der Waals surface area contributed by atoms with Crippen LogP contribution < -0.4 is 21.9 Å². The smallest absolute Gasteiger partial charge is 0.223 e. The van der Waals surface area contributed by atoms with E-state index in [0.29, 0.717) is 0 Å². The van der Waals surface area contributed by atoms with Crippen molar-refractivity contribution < 1.29 is 26.7 Å². The Balaban J connectivity index is 2.40. The Labute approximate surface area is 137 Å². The quantitative estimate of drug-likeness (QED) is 0.257. The van der Waals surface area contributed by atoms with E-state index < -0.39 is 34.8 Å². The number of benzene rings is 2. The first-order valence-corrected chi connectivity index (χ1v) is 6.43. The first kappa shape index (κ1) is 18.0. The van der Waals surface area contributed by atoms with Crippen LogP contribution in [0.25, 0.3) is 0 Å². The normalized spacial score (nSPS) is 11.3. The molecular weight excluding hydrogens is 349 g/mol. The van der Waals surface area contributed by atoms with Crippen LogP contribution in [0.15, 0.2) is 34.3 Å². The number of hydrogen-bond acceptors (Lipinski definition) is 2. The molecule has 132 valence electrons. The van der Waals surface area contributed by atoms with E-state index in [2.05, 4.69) is 9.98 Å². The molecule has 0 radical (unpaired) electrons. The van der Waals surface area contributed by atoms with Crippen LogP contribution in [0, 0.1) is 29.1 Å². The molecule has 0 heterocycles. The maximum atomic E-state index is 13.6. The molecule has 0 bridgehead atoms. The molecule has 2 aromatic rings. The largest absolute Gasteiger partial charge is 0.451 e. The summed E-state index contributed by atoms with van der Waals surface area (Å²) in [5, 5.41) is 0. The molecule has 0 aromatic heterocycles. The molecule has 0 saturated carbocycles. The Kier molecular flexibility index (Phi) is 5.05. The first-order valence-electron chi connectivity index (χ1n) is 6.43. The van der Waals surface area contributed by atoms with Gasteiger partial charge in [0.1, 0.15) is 5.75 Å². The molecule has 0 spiro atoms. The van der Waals surface area contributed by atoms with Crippen molar-refractivity contribution in [2.24, 2.45) is 27.2 Å². The summed E-state index contributed by atoms with van der Waals surface area (Å²) in [4.78, 5) is 7.21. The molecule has 0 amide bonds. The predicted molar refractivity (Wildman–Crippen MR) is 79.8 cm³/mol. The molecule has 11 heteroatoms. The summed E-state index contributed by atoms with van der Waals surface area (Å²) in [5.74, 6) is -13.1. The van der Waals surface area contributed by atoms with Gasteiger partial charge in [0, 0.05) is 6.07 Å². The van der Waals surface area contributed by atoms with E-state index in [9.17, 15) is 22.0 Å². The lowest BCUT2D eigenvalue weighted by molar-refractivity contribution is 0.332. The Morgan fingerprint density at radius 3 is 1.96 bits per heavy atom. The Morgan fingerprint density at radius 1 is 0.840 bits per heavy atom. The van der Waals surface area contributed by atoms with Crippen LogP contribution in [0.2, 0.25) is 0 Å². The van der Waals surface area contributed by atoms with Crippen molar-refractivity contribution in [1.29, 1.82) is 0 Å². The third kappa shape index (κ3) is 3.94. The second-order valence-corrected chi connectivity index (χ2v) is 4.51. The summed E-state index contributed by atoms with van der Waals surface area (Å²) >= 11 is 0. The fraction of sp³-hybridized carbons (Fsp3) is 0. The van der Waals surface area contributed by atoms with Crippen molar-refractivity contribution in [3.8, 4) is 11.5 Å². The molecular formula is C14H10F5N5O. The van der Waals surface area contributed by atoms with Crippen molar-refractivity contribution >= 4 is 17.6 Å². The number of ether oxygens (including phenoxy) is 1. The zero-order valence-corrected chi connectivity index (χ0v) is 12.2. The number of halogens is 5. The standard InChI is InChI=1S/C14H10F5N5O/c15-7-8(16)10(18)12(11(19)9(7)17)25-6-3-1-2-5(4-6)23-14(22)24-13(20)21/h1-4H,(H6,20,21,22,23,24). The maximum absolute atomic E-state index is 13.6. The van der Waals surface area contributed by atoms with E-state index in [1.54, 1.807) is 0 Å². The van der Waals surface area contributed by atoms with E-state index >= 15 is 0 Å². The highest BCUT2D eigenvalue weighted by atomic mass is 19.2. The van der Waals surface area contributed by atoms with Crippen LogP contribution in [0.1, 0.15) is 0 Å². The summed E-state index contributed by atoms with van der Waals surface area (Å²) in [6.07, 6.45) is 0. The third-order valence-corrected chi connectivity index (χ3v) is 2.69. The molecule has 0 fully saturated rings. The van der Waals surface area contributed by atoms with Crippen molar-refractivity contribution in [2.75, 3.05) is 0 Å². The average Bonchev–Trinajstić information content (AvgIpc) is 2.54. The minimum Gasteiger partial charge on any atom is -0.451 e. The van der Waals surface area contributed by atoms with Gasteiger partial charge in [-0.05, 0) is 12.1 Å². The van der Waals surface area contributed by atoms with Crippen LogP contribution in [-0.4, -0.2) is 11.9 Å². The molecule has 2 rings (SSSR count). The average molecular weight is 359 g/mol. The van der Waals surface area contributed by atoms with Crippen LogP contribution >= 0.6 is 0 Å². The van der Waals surface area contributed by atoms with Crippen molar-refractivity contribution in [2.45, 2.75) is 0 Å². The second kappa shape index (κ2) is 7.03. The van der Waals surface area contributed by atoms with Gasteiger partial charge in [0.15, 0.2) is 5.96 Å². The van der Waals surface area contributed by atoms with Crippen LogP contribution in [0.4, 0.5) is 27.6 Å². The van der Waals surface area contributed by atoms with Gasteiger partial charge in [-0.15, -0.1) is 0 Å². The van der Waals surface area contributed by atoms with E-state index in [0.717, 1.165) is 6.07 Å². The first-order chi connectivity index (χ1) is 11.7. The molecule has 0 saturated heterocycles. The number of nitrogens with two attached hydrogens (primary N) is 3. The zero-order chi connectivity index (χ0) is 18.7. The van der Waals surface area contributed by atoms with Gasteiger partial charge in [-0.3, -0.25) is 0 Å². The molecule has 6 N–H and O–H groups in total. The van der Waals surface area contributed by atoms with E-state index in [4.69, 9.17) is 21.9 Å². The van der Waals surface area contributed by atoms with Gasteiger partial charge in [0.2, 0.25) is 40.8 Å². The summed E-state index contributed by atoms with van der Waals surface area (Å²) in [7, 11) is 0. The second-order valence-electron chi connectivity index (χ2n) is 4.51. The summed E-state index contributed by atoms with van der Waals surface area (Å²) in [6.45, 7) is 0. The van der Waals surface area contributed by atoms with Crippen molar-refractivity contribution in [3.05, 3.63) is 53.4 Å². The summed E-state index contributed by atoms with van der Waals surface area (Å²) in [5.41, 5.74) is 15.7. The Bertz CT molecular complexity index is 851. The molecule has 25 heavy (non-hydrogen) atoms. The van der Waals surface area contributed by atoms with Gasteiger partial charge in [-0.1, -0.05) is 6.07 Å². The fourth-order valence-corrected chi connectivity index (χ4v) is 1.70. The Morgan fingerprint density at radius 2 is 1.40 bits per heavy atom. The minimum absolute atomic E-state index is 0.101. The molecule has 0 atom stereocenters. The van der Waals surface area contributed by atoms with E-state index in [1.165, 1.54) is 18.2 Å². The highest BCUT2D eigenvalue weighted by Crippen LogP contribution is 2.33.